The van der Waals surface area contributed by atoms with Gasteiger partial charge in [-0.05, 0) is 46.0 Å². The van der Waals surface area contributed by atoms with Crippen LogP contribution in [0.2, 0.25) is 0 Å². The number of esters is 1. The summed E-state index contributed by atoms with van der Waals surface area (Å²) in [5, 5.41) is 4.47. The molecule has 0 N–H and O–H groups in total. The first-order chi connectivity index (χ1) is 13.7. The molecule has 152 valence electrons. The molecule has 5 nitrogen and oxygen atoms in total. The van der Waals surface area contributed by atoms with E-state index in [4.69, 9.17) is 4.74 Å². The Morgan fingerprint density at radius 1 is 1.28 bits per heavy atom. The van der Waals surface area contributed by atoms with E-state index in [1.807, 2.05) is 37.3 Å². The number of aromatic nitrogens is 3. The predicted octanol–water partition coefficient (Wildman–Crippen LogP) is 4.78. The van der Waals surface area contributed by atoms with E-state index >= 15 is 0 Å². The minimum absolute atomic E-state index is 0.0832. The van der Waals surface area contributed by atoms with E-state index in [0.717, 1.165) is 5.56 Å². The average molecular weight is 468 g/mol. The van der Waals surface area contributed by atoms with Gasteiger partial charge in [-0.25, -0.2) is 14.5 Å². The summed E-state index contributed by atoms with van der Waals surface area (Å²) in [6, 6.07) is 12.3. The average Bonchev–Trinajstić information content (AvgIpc) is 3.23. The lowest BCUT2D eigenvalue weighted by Gasteiger charge is -2.17. The Kier molecular flexibility index (Phi) is 4.88. The molecular weight excluding hydrogens is 451 g/mol. The number of nitrogens with zero attached hydrogens (tertiary/aromatic N) is 3. The topological polar surface area (TPSA) is 57.0 Å². The number of carbonyl (C=O) groups excluding carboxylic acids is 1. The SMILES string of the molecule is C[C@H]1C[C@]1(C(=O)OCc1ccccc1)n1nc(CC(F)(F)F)c2ccc(Br)nc21. The van der Waals surface area contributed by atoms with Crippen LogP contribution in [0.4, 0.5) is 13.2 Å². The van der Waals surface area contributed by atoms with Gasteiger partial charge in [-0.15, -0.1) is 0 Å². The number of rotatable bonds is 5. The summed E-state index contributed by atoms with van der Waals surface area (Å²) in [7, 11) is 0. The van der Waals surface area contributed by atoms with E-state index in [9.17, 15) is 18.0 Å². The Labute approximate surface area is 173 Å². The first-order valence-electron chi connectivity index (χ1n) is 9.03. The molecule has 0 unspecified atom stereocenters. The molecule has 0 aliphatic heterocycles. The van der Waals surface area contributed by atoms with Gasteiger partial charge in [0.25, 0.3) is 0 Å². The van der Waals surface area contributed by atoms with Gasteiger partial charge in [0.2, 0.25) is 0 Å². The molecule has 1 fully saturated rings. The fourth-order valence-corrected chi connectivity index (χ4v) is 3.85. The maximum absolute atomic E-state index is 13.0. The van der Waals surface area contributed by atoms with Crippen molar-refractivity contribution in [2.45, 2.75) is 38.1 Å². The van der Waals surface area contributed by atoms with Gasteiger partial charge in [-0.2, -0.15) is 18.3 Å². The fraction of sp³-hybridized carbons (Fsp3) is 0.350. The summed E-state index contributed by atoms with van der Waals surface area (Å²) in [4.78, 5) is 17.3. The Hall–Kier alpha value is -2.42. The lowest BCUT2D eigenvalue weighted by Crippen LogP contribution is -2.33. The Balaban J connectivity index is 1.71. The van der Waals surface area contributed by atoms with Gasteiger partial charge in [0.15, 0.2) is 11.2 Å². The number of pyridine rings is 1. The monoisotopic (exact) mass is 467 g/mol. The molecule has 0 amide bonds. The summed E-state index contributed by atoms with van der Waals surface area (Å²) < 4.78 is 46.4. The van der Waals surface area contributed by atoms with Crippen molar-refractivity contribution in [3.63, 3.8) is 0 Å². The zero-order chi connectivity index (χ0) is 20.8. The summed E-state index contributed by atoms with van der Waals surface area (Å²) in [5.41, 5.74) is -0.236. The van der Waals surface area contributed by atoms with Gasteiger partial charge in [-0.3, -0.25) is 0 Å². The van der Waals surface area contributed by atoms with Crippen LogP contribution >= 0.6 is 15.9 Å². The summed E-state index contributed by atoms with van der Waals surface area (Å²) in [5.74, 6) is -0.646. The van der Waals surface area contributed by atoms with Crippen LogP contribution in [0.15, 0.2) is 47.1 Å². The van der Waals surface area contributed by atoms with Crippen molar-refractivity contribution in [1.82, 2.24) is 14.8 Å². The molecule has 3 aromatic rings. The third-order valence-electron chi connectivity index (χ3n) is 5.16. The second-order valence-electron chi connectivity index (χ2n) is 7.25. The van der Waals surface area contributed by atoms with Gasteiger partial charge in [0, 0.05) is 5.39 Å². The van der Waals surface area contributed by atoms with Crippen molar-refractivity contribution in [3.8, 4) is 0 Å². The fourth-order valence-electron chi connectivity index (χ4n) is 3.55. The van der Waals surface area contributed by atoms with Crippen LogP contribution in [0.3, 0.4) is 0 Å². The number of hydrogen-bond acceptors (Lipinski definition) is 4. The molecule has 0 saturated heterocycles. The summed E-state index contributed by atoms with van der Waals surface area (Å²) >= 11 is 3.25. The van der Waals surface area contributed by atoms with Crippen molar-refractivity contribution in [3.05, 3.63) is 58.3 Å². The molecule has 0 spiro atoms. The number of alkyl halides is 3. The van der Waals surface area contributed by atoms with Crippen molar-refractivity contribution < 1.29 is 22.7 Å². The molecule has 29 heavy (non-hydrogen) atoms. The van der Waals surface area contributed by atoms with Crippen LogP contribution in [0, 0.1) is 5.92 Å². The van der Waals surface area contributed by atoms with Gasteiger partial charge in [-0.1, -0.05) is 37.3 Å². The van der Waals surface area contributed by atoms with Crippen molar-refractivity contribution >= 4 is 32.9 Å². The minimum atomic E-state index is -4.42. The van der Waals surface area contributed by atoms with Crippen LogP contribution in [0.25, 0.3) is 11.0 Å². The van der Waals surface area contributed by atoms with Gasteiger partial charge in [0.05, 0.1) is 12.1 Å². The third kappa shape index (κ3) is 3.75. The van der Waals surface area contributed by atoms with Crippen LogP contribution < -0.4 is 0 Å². The molecule has 9 heteroatoms. The van der Waals surface area contributed by atoms with Gasteiger partial charge < -0.3 is 4.74 Å². The van der Waals surface area contributed by atoms with Gasteiger partial charge >= 0.3 is 12.1 Å². The van der Waals surface area contributed by atoms with E-state index in [-0.39, 0.29) is 29.3 Å². The number of carbonyl (C=O) groups is 1. The predicted molar refractivity (Wildman–Crippen MR) is 103 cm³/mol. The number of ether oxygens (including phenoxy) is 1. The highest BCUT2D eigenvalue weighted by Gasteiger charge is 2.62. The smallest absolute Gasteiger partial charge is 0.394 e. The van der Waals surface area contributed by atoms with E-state index in [2.05, 4.69) is 26.0 Å². The number of fused-ring (bicyclic) bond motifs is 1. The van der Waals surface area contributed by atoms with Gasteiger partial charge in [0.1, 0.15) is 11.2 Å². The summed E-state index contributed by atoms with van der Waals surface area (Å²) in [6.45, 7) is 1.93. The van der Waals surface area contributed by atoms with Crippen LogP contribution in [-0.4, -0.2) is 26.9 Å². The zero-order valence-electron chi connectivity index (χ0n) is 15.4. The Morgan fingerprint density at radius 3 is 2.59 bits per heavy atom. The van der Waals surface area contributed by atoms with Crippen LogP contribution in [0.5, 0.6) is 0 Å². The highest BCUT2D eigenvalue weighted by Crippen LogP contribution is 2.52. The quantitative estimate of drug-likeness (QED) is 0.400. The highest BCUT2D eigenvalue weighted by atomic mass is 79.9. The molecule has 1 saturated carbocycles. The third-order valence-corrected chi connectivity index (χ3v) is 5.60. The van der Waals surface area contributed by atoms with E-state index in [1.54, 1.807) is 6.07 Å². The molecular formula is C20H17BrF3N3O2. The van der Waals surface area contributed by atoms with Crippen LogP contribution in [-0.2, 0) is 28.1 Å². The maximum atomic E-state index is 13.0. The summed E-state index contributed by atoms with van der Waals surface area (Å²) in [6.07, 6.45) is -5.18. The molecule has 0 radical (unpaired) electrons. The normalized spacial score (nSPS) is 21.3. The molecule has 1 aromatic carbocycles. The molecule has 2 heterocycles. The van der Waals surface area contributed by atoms with Crippen molar-refractivity contribution in [2.75, 3.05) is 0 Å². The number of benzene rings is 1. The number of hydrogen-bond donors (Lipinski definition) is 0. The van der Waals surface area contributed by atoms with E-state index < -0.39 is 24.1 Å². The van der Waals surface area contributed by atoms with E-state index in [1.165, 1.54) is 10.7 Å². The molecule has 4 rings (SSSR count). The molecule has 2 aromatic heterocycles. The first-order valence-corrected chi connectivity index (χ1v) is 9.82. The second-order valence-corrected chi connectivity index (χ2v) is 8.06. The highest BCUT2D eigenvalue weighted by molar-refractivity contribution is 9.10. The standard InChI is InChI=1S/C20H17BrF3N3O2/c1-12-9-19(12,18(28)29-11-13-5-3-2-4-6-13)27-17-14(7-8-16(21)25-17)15(26-27)10-20(22,23)24/h2-8,12H,9-11H2,1H3/t12-,19-/m0/s1. The lowest BCUT2D eigenvalue weighted by atomic mass is 10.2. The van der Waals surface area contributed by atoms with Crippen LogP contribution in [0.1, 0.15) is 24.6 Å². The number of halogens is 4. The second kappa shape index (κ2) is 7.12. The lowest BCUT2D eigenvalue weighted by molar-refractivity contribution is -0.151. The van der Waals surface area contributed by atoms with Crippen molar-refractivity contribution in [2.24, 2.45) is 5.92 Å². The zero-order valence-corrected chi connectivity index (χ0v) is 17.0. The molecule has 1 aliphatic rings. The first kappa shape index (κ1) is 19.9. The Bertz CT molecular complexity index is 1070. The Morgan fingerprint density at radius 2 is 1.97 bits per heavy atom. The van der Waals surface area contributed by atoms with Crippen molar-refractivity contribution in [1.29, 1.82) is 0 Å². The largest absolute Gasteiger partial charge is 0.459 e. The maximum Gasteiger partial charge on any atom is 0.394 e. The molecule has 2 atom stereocenters. The minimum Gasteiger partial charge on any atom is -0.459 e. The molecule has 1 aliphatic carbocycles. The van der Waals surface area contributed by atoms with E-state index in [0.29, 0.717) is 11.0 Å². The molecule has 0 bridgehead atoms.